The van der Waals surface area contributed by atoms with Crippen LogP contribution < -0.4 is 15.5 Å². The van der Waals surface area contributed by atoms with Crippen LogP contribution in [0.1, 0.15) is 4.88 Å². The Labute approximate surface area is 164 Å². The molecule has 1 aromatic carbocycles. The van der Waals surface area contributed by atoms with Gasteiger partial charge in [0, 0.05) is 36.7 Å². The molecule has 0 saturated carbocycles. The van der Waals surface area contributed by atoms with Crippen molar-refractivity contribution in [3.63, 3.8) is 0 Å². The number of hydrogen-bond donors (Lipinski definition) is 0. The lowest BCUT2D eigenvalue weighted by Gasteiger charge is -2.36. The Kier molecular flexibility index (Phi) is 5.09. The van der Waals surface area contributed by atoms with Gasteiger partial charge in [0.25, 0.3) is 0 Å². The van der Waals surface area contributed by atoms with Crippen molar-refractivity contribution in [2.45, 2.75) is 6.54 Å². The molecule has 0 N–H and O–H groups in total. The highest BCUT2D eigenvalue weighted by atomic mass is 35.5. The molecular formula is C18H17ClFN5OS. The number of benzene rings is 1. The van der Waals surface area contributed by atoms with Gasteiger partial charge in [0.05, 0.1) is 10.9 Å². The van der Waals surface area contributed by atoms with Crippen LogP contribution in [0.3, 0.4) is 0 Å². The van der Waals surface area contributed by atoms with Crippen molar-refractivity contribution in [1.29, 1.82) is 0 Å². The lowest BCUT2D eigenvalue weighted by Crippen LogP contribution is -2.47. The van der Waals surface area contributed by atoms with Crippen LogP contribution in [0.25, 0.3) is 0 Å². The van der Waals surface area contributed by atoms with Gasteiger partial charge >= 0.3 is 5.69 Å². The molecule has 0 radical (unpaired) electrons. The Morgan fingerprint density at radius 1 is 1.04 bits per heavy atom. The molecule has 0 bridgehead atoms. The van der Waals surface area contributed by atoms with Crippen molar-refractivity contribution >= 4 is 34.6 Å². The highest BCUT2D eigenvalue weighted by Crippen LogP contribution is 2.22. The molecule has 0 amide bonds. The largest absolute Gasteiger partial charge is 0.368 e. The Morgan fingerprint density at radius 3 is 2.37 bits per heavy atom. The zero-order valence-electron chi connectivity index (χ0n) is 14.4. The number of aromatic nitrogens is 3. The van der Waals surface area contributed by atoms with E-state index in [2.05, 4.69) is 14.9 Å². The van der Waals surface area contributed by atoms with Gasteiger partial charge in [-0.1, -0.05) is 11.6 Å². The highest BCUT2D eigenvalue weighted by Gasteiger charge is 2.20. The molecule has 9 heteroatoms. The molecular weight excluding hydrogens is 389 g/mol. The summed E-state index contributed by atoms with van der Waals surface area (Å²) in [6.45, 7) is 3.31. The molecule has 1 aliphatic rings. The fourth-order valence-corrected chi connectivity index (χ4v) is 4.12. The second-order valence-corrected chi connectivity index (χ2v) is 8.02. The van der Waals surface area contributed by atoms with Crippen LogP contribution >= 0.6 is 22.9 Å². The van der Waals surface area contributed by atoms with Crippen LogP contribution in [-0.4, -0.2) is 40.7 Å². The second kappa shape index (κ2) is 7.66. The first-order valence-corrected chi connectivity index (χ1v) is 9.71. The van der Waals surface area contributed by atoms with E-state index < -0.39 is 0 Å². The molecule has 3 aromatic rings. The van der Waals surface area contributed by atoms with Gasteiger partial charge in [-0.15, -0.1) is 11.3 Å². The molecule has 140 valence electrons. The van der Waals surface area contributed by atoms with E-state index in [1.165, 1.54) is 34.4 Å². The average Bonchev–Trinajstić information content (AvgIpc) is 3.09. The SMILES string of the molecule is O=c1nc(N2CCN(c3ccc(F)cc3)CC2)ncn1Cc1ccc(Cl)s1. The molecule has 0 aliphatic carbocycles. The summed E-state index contributed by atoms with van der Waals surface area (Å²) in [6.07, 6.45) is 1.53. The maximum absolute atomic E-state index is 13.1. The third-order valence-electron chi connectivity index (χ3n) is 4.46. The minimum atomic E-state index is -0.328. The molecule has 0 unspecified atom stereocenters. The minimum absolute atomic E-state index is 0.240. The molecule has 2 aromatic heterocycles. The lowest BCUT2D eigenvalue weighted by molar-refractivity contribution is 0.617. The van der Waals surface area contributed by atoms with Gasteiger partial charge in [-0.25, -0.2) is 14.2 Å². The van der Waals surface area contributed by atoms with Crippen molar-refractivity contribution < 1.29 is 4.39 Å². The monoisotopic (exact) mass is 405 g/mol. The third kappa shape index (κ3) is 4.12. The molecule has 1 fully saturated rings. The first-order chi connectivity index (χ1) is 13.1. The van der Waals surface area contributed by atoms with Gasteiger partial charge in [0.1, 0.15) is 12.1 Å². The topological polar surface area (TPSA) is 54.3 Å². The van der Waals surface area contributed by atoms with E-state index >= 15 is 0 Å². The van der Waals surface area contributed by atoms with Crippen LogP contribution in [0.2, 0.25) is 4.34 Å². The first kappa shape index (κ1) is 17.9. The average molecular weight is 406 g/mol. The summed E-state index contributed by atoms with van der Waals surface area (Å²) >= 11 is 7.36. The smallest absolute Gasteiger partial charge is 0.352 e. The summed E-state index contributed by atoms with van der Waals surface area (Å²) in [5.41, 5.74) is 0.660. The zero-order valence-corrected chi connectivity index (χ0v) is 16.0. The first-order valence-electron chi connectivity index (χ1n) is 8.52. The number of piperazine rings is 1. The predicted octanol–water partition coefficient (Wildman–Crippen LogP) is 2.87. The van der Waals surface area contributed by atoms with Gasteiger partial charge in [-0.05, 0) is 36.4 Å². The van der Waals surface area contributed by atoms with Crippen LogP contribution in [0.15, 0.2) is 47.5 Å². The zero-order chi connectivity index (χ0) is 18.8. The predicted molar refractivity (Wildman–Crippen MR) is 106 cm³/mol. The van der Waals surface area contributed by atoms with Crippen LogP contribution in [0, 0.1) is 5.82 Å². The van der Waals surface area contributed by atoms with E-state index in [1.807, 2.05) is 17.0 Å². The van der Waals surface area contributed by atoms with E-state index in [9.17, 15) is 9.18 Å². The molecule has 0 atom stereocenters. The molecule has 3 heterocycles. The maximum Gasteiger partial charge on any atom is 0.352 e. The second-order valence-electron chi connectivity index (χ2n) is 6.22. The van der Waals surface area contributed by atoms with Gasteiger partial charge in [-0.2, -0.15) is 4.98 Å². The molecule has 4 rings (SSSR count). The number of halogens is 2. The summed E-state index contributed by atoms with van der Waals surface area (Å²) in [6, 6.07) is 10.2. The number of thiophene rings is 1. The standard InChI is InChI=1S/C18H17ClFN5OS/c19-16-6-5-15(27-16)11-25-12-21-17(22-18(25)26)24-9-7-23(8-10-24)14-3-1-13(20)2-4-14/h1-6,12H,7-11H2. The quantitative estimate of drug-likeness (QED) is 0.668. The number of rotatable bonds is 4. The number of hydrogen-bond acceptors (Lipinski definition) is 6. The van der Waals surface area contributed by atoms with E-state index in [1.54, 1.807) is 12.1 Å². The van der Waals surface area contributed by atoms with E-state index in [4.69, 9.17) is 11.6 Å². The van der Waals surface area contributed by atoms with Gasteiger partial charge < -0.3 is 9.80 Å². The Morgan fingerprint density at radius 2 is 1.74 bits per heavy atom. The van der Waals surface area contributed by atoms with Crippen LogP contribution in [0.4, 0.5) is 16.0 Å². The van der Waals surface area contributed by atoms with Crippen molar-refractivity contribution in [2.24, 2.45) is 0 Å². The molecule has 1 aliphatic heterocycles. The maximum atomic E-state index is 13.1. The fourth-order valence-electron chi connectivity index (χ4n) is 3.03. The minimum Gasteiger partial charge on any atom is -0.368 e. The summed E-state index contributed by atoms with van der Waals surface area (Å²) in [7, 11) is 0. The number of anilines is 2. The summed E-state index contributed by atoms with van der Waals surface area (Å²) in [4.78, 5) is 26.0. The summed E-state index contributed by atoms with van der Waals surface area (Å²) in [5.74, 6) is 0.204. The van der Waals surface area contributed by atoms with E-state index in [0.29, 0.717) is 29.9 Å². The van der Waals surface area contributed by atoms with Crippen LogP contribution in [0.5, 0.6) is 0 Å². The Balaban J connectivity index is 1.41. The fraction of sp³-hybridized carbons (Fsp3) is 0.278. The summed E-state index contributed by atoms with van der Waals surface area (Å²) < 4.78 is 15.2. The van der Waals surface area contributed by atoms with E-state index in [0.717, 1.165) is 23.7 Å². The van der Waals surface area contributed by atoms with Crippen molar-refractivity contribution in [2.75, 3.05) is 36.0 Å². The van der Waals surface area contributed by atoms with Gasteiger partial charge in [-0.3, -0.25) is 4.57 Å². The Hall–Kier alpha value is -2.45. The van der Waals surface area contributed by atoms with Gasteiger partial charge in [0.2, 0.25) is 5.95 Å². The van der Waals surface area contributed by atoms with Crippen molar-refractivity contribution in [3.8, 4) is 0 Å². The molecule has 1 saturated heterocycles. The van der Waals surface area contributed by atoms with Crippen molar-refractivity contribution in [3.05, 3.63) is 68.2 Å². The van der Waals surface area contributed by atoms with Gasteiger partial charge in [0.15, 0.2) is 0 Å². The van der Waals surface area contributed by atoms with E-state index in [-0.39, 0.29) is 11.5 Å². The Bertz CT molecular complexity index is 982. The molecule has 6 nitrogen and oxygen atoms in total. The normalized spacial score (nSPS) is 14.6. The summed E-state index contributed by atoms with van der Waals surface area (Å²) in [5, 5.41) is 0. The molecule has 27 heavy (non-hydrogen) atoms. The highest BCUT2D eigenvalue weighted by molar-refractivity contribution is 7.16. The van der Waals surface area contributed by atoms with Crippen LogP contribution in [-0.2, 0) is 6.54 Å². The molecule has 0 spiro atoms. The lowest BCUT2D eigenvalue weighted by atomic mass is 10.2. The third-order valence-corrected chi connectivity index (χ3v) is 5.68. The number of nitrogens with zero attached hydrogens (tertiary/aromatic N) is 5. The van der Waals surface area contributed by atoms with Crippen molar-refractivity contribution in [1.82, 2.24) is 14.5 Å².